The van der Waals surface area contributed by atoms with Crippen LogP contribution in [-0.2, 0) is 0 Å². The summed E-state index contributed by atoms with van der Waals surface area (Å²) in [6.07, 6.45) is 1.55. The van der Waals surface area contributed by atoms with Crippen LogP contribution in [0.4, 0.5) is 0 Å². The van der Waals surface area contributed by atoms with E-state index in [0.29, 0.717) is 68.0 Å². The highest BCUT2D eigenvalue weighted by molar-refractivity contribution is 9.10. The third kappa shape index (κ3) is 3.84. The number of halogens is 1. The van der Waals surface area contributed by atoms with Crippen molar-refractivity contribution < 1.29 is 23.4 Å². The van der Waals surface area contributed by atoms with E-state index in [2.05, 4.69) is 26.0 Å². The molecule has 0 fully saturated rings. The van der Waals surface area contributed by atoms with Crippen molar-refractivity contribution in [2.45, 2.75) is 5.92 Å². The minimum Gasteiger partial charge on any atom is -0.493 e. The highest BCUT2D eigenvalue weighted by Crippen LogP contribution is 2.51. The predicted molar refractivity (Wildman–Crippen MR) is 154 cm³/mol. The lowest BCUT2D eigenvalue weighted by atomic mass is 9.83. The highest BCUT2D eigenvalue weighted by atomic mass is 79.9. The minimum atomic E-state index is -0.726. The van der Waals surface area contributed by atoms with Gasteiger partial charge in [0, 0.05) is 10.0 Å². The van der Waals surface area contributed by atoms with Crippen LogP contribution < -0.4 is 24.6 Å². The van der Waals surface area contributed by atoms with Gasteiger partial charge in [-0.1, -0.05) is 40.2 Å². The van der Waals surface area contributed by atoms with Gasteiger partial charge in [-0.2, -0.15) is 0 Å². The van der Waals surface area contributed by atoms with Crippen LogP contribution in [0.3, 0.4) is 0 Å². The molecule has 10 nitrogen and oxygen atoms in total. The van der Waals surface area contributed by atoms with Crippen LogP contribution in [0, 0.1) is 0 Å². The van der Waals surface area contributed by atoms with Crippen LogP contribution in [0.25, 0.3) is 28.0 Å². The smallest absolute Gasteiger partial charge is 0.344 e. The summed E-state index contributed by atoms with van der Waals surface area (Å²) >= 11 is 3.59. The summed E-state index contributed by atoms with van der Waals surface area (Å²) in [6.45, 7) is 0. The fourth-order valence-corrected chi connectivity index (χ4v) is 5.75. The molecule has 0 bridgehead atoms. The molecule has 0 aliphatic carbocycles. The normalized spacial score (nSPS) is 13.9. The number of methoxy groups -OCH3 is 3. The Morgan fingerprint density at radius 3 is 2.39 bits per heavy atom. The van der Waals surface area contributed by atoms with Gasteiger partial charge in [-0.25, -0.2) is 19.3 Å². The highest BCUT2D eigenvalue weighted by Gasteiger charge is 2.38. The Bertz CT molecular complexity index is 2030. The standard InChI is InChI=1S/C30H21BrN4O6/c1-37-20-12-15(13-21(38-2)26(20)39-3)22-23-25(17-9-5-7-11-19(17)40-30(23)36)41-29-24(22)28-33-27(34-35(28)14-32-29)16-8-4-6-10-18(16)31/h4-14,22H,1-3H3. The fraction of sp³-hybridized carbons (Fsp3) is 0.133. The molecule has 3 aromatic heterocycles. The topological polar surface area (TPSA) is 110 Å². The average Bonchev–Trinajstić information content (AvgIpc) is 3.44. The van der Waals surface area contributed by atoms with Gasteiger partial charge in [-0.05, 0) is 42.0 Å². The number of para-hydroxylation sites is 1. The van der Waals surface area contributed by atoms with Crippen molar-refractivity contribution in [3.63, 3.8) is 0 Å². The number of nitrogens with zero attached hydrogens (tertiary/aromatic N) is 4. The van der Waals surface area contributed by atoms with Crippen molar-refractivity contribution >= 4 is 32.5 Å². The molecule has 0 spiro atoms. The number of ether oxygens (including phenoxy) is 4. The van der Waals surface area contributed by atoms with Crippen LogP contribution in [0.5, 0.6) is 28.9 Å². The molecule has 0 amide bonds. The summed E-state index contributed by atoms with van der Waals surface area (Å²) in [5.74, 6) is 1.69. The number of rotatable bonds is 5. The molecule has 4 heterocycles. The molecule has 0 saturated carbocycles. The molecular formula is C30H21BrN4O6. The second-order valence-corrected chi connectivity index (χ2v) is 10.1. The van der Waals surface area contributed by atoms with E-state index in [1.807, 2.05) is 36.4 Å². The lowest BCUT2D eigenvalue weighted by molar-refractivity contribution is 0.323. The van der Waals surface area contributed by atoms with E-state index in [9.17, 15) is 4.79 Å². The van der Waals surface area contributed by atoms with Gasteiger partial charge < -0.3 is 23.4 Å². The molecule has 0 saturated heterocycles. The average molecular weight is 613 g/mol. The number of aromatic nitrogens is 4. The molecular weight excluding hydrogens is 592 g/mol. The zero-order valence-corrected chi connectivity index (χ0v) is 23.6. The van der Waals surface area contributed by atoms with E-state index in [1.54, 1.807) is 35.1 Å². The molecule has 1 unspecified atom stereocenters. The maximum atomic E-state index is 13.7. The zero-order chi connectivity index (χ0) is 28.2. The molecule has 3 aromatic carbocycles. The molecule has 1 aliphatic heterocycles. The van der Waals surface area contributed by atoms with Gasteiger partial charge >= 0.3 is 5.63 Å². The van der Waals surface area contributed by atoms with Gasteiger partial charge in [0.05, 0.1) is 43.8 Å². The van der Waals surface area contributed by atoms with E-state index in [0.717, 1.165) is 10.0 Å². The number of benzene rings is 3. The molecule has 204 valence electrons. The zero-order valence-electron chi connectivity index (χ0n) is 22.0. The first-order valence-electron chi connectivity index (χ1n) is 12.6. The third-order valence-electron chi connectivity index (χ3n) is 7.10. The summed E-state index contributed by atoms with van der Waals surface area (Å²) in [4.78, 5) is 23.2. The molecule has 0 N–H and O–H groups in total. The maximum absolute atomic E-state index is 13.7. The van der Waals surface area contributed by atoms with E-state index in [1.165, 1.54) is 21.3 Å². The monoisotopic (exact) mass is 612 g/mol. The number of fused-ring (bicyclic) bond motifs is 6. The van der Waals surface area contributed by atoms with Crippen molar-refractivity contribution in [3.05, 3.63) is 98.6 Å². The van der Waals surface area contributed by atoms with Crippen molar-refractivity contribution in [1.82, 2.24) is 19.6 Å². The van der Waals surface area contributed by atoms with E-state index in [4.69, 9.17) is 28.3 Å². The Morgan fingerprint density at radius 2 is 1.66 bits per heavy atom. The Balaban J connectivity index is 1.57. The maximum Gasteiger partial charge on any atom is 0.344 e. The van der Waals surface area contributed by atoms with Crippen molar-refractivity contribution in [1.29, 1.82) is 0 Å². The van der Waals surface area contributed by atoms with Crippen molar-refractivity contribution in [2.24, 2.45) is 0 Å². The van der Waals surface area contributed by atoms with Crippen LogP contribution >= 0.6 is 15.9 Å². The third-order valence-corrected chi connectivity index (χ3v) is 7.79. The Hall–Kier alpha value is -4.90. The van der Waals surface area contributed by atoms with Gasteiger partial charge in [-0.3, -0.25) is 0 Å². The van der Waals surface area contributed by atoms with E-state index < -0.39 is 11.5 Å². The number of hydrogen-bond acceptors (Lipinski definition) is 9. The first kappa shape index (κ1) is 25.1. The first-order valence-corrected chi connectivity index (χ1v) is 13.3. The van der Waals surface area contributed by atoms with Gasteiger partial charge in [0.1, 0.15) is 11.9 Å². The van der Waals surface area contributed by atoms with Crippen LogP contribution in [-0.4, -0.2) is 40.9 Å². The van der Waals surface area contributed by atoms with Crippen molar-refractivity contribution in [3.8, 4) is 40.3 Å². The van der Waals surface area contributed by atoms with Gasteiger partial charge in [0.2, 0.25) is 11.6 Å². The largest absolute Gasteiger partial charge is 0.493 e. The molecule has 7 rings (SSSR count). The summed E-state index contributed by atoms with van der Waals surface area (Å²) in [6, 6.07) is 18.5. The molecule has 1 aliphatic rings. The fourth-order valence-electron chi connectivity index (χ4n) is 5.29. The van der Waals surface area contributed by atoms with Gasteiger partial charge in [-0.15, -0.1) is 5.10 Å². The lowest BCUT2D eigenvalue weighted by Crippen LogP contribution is -2.22. The van der Waals surface area contributed by atoms with E-state index in [-0.39, 0.29) is 0 Å². The summed E-state index contributed by atoms with van der Waals surface area (Å²) in [7, 11) is 4.61. The van der Waals surface area contributed by atoms with E-state index >= 15 is 0 Å². The second-order valence-electron chi connectivity index (χ2n) is 9.27. The van der Waals surface area contributed by atoms with Crippen molar-refractivity contribution in [2.75, 3.05) is 21.3 Å². The molecule has 1 atom stereocenters. The molecule has 0 radical (unpaired) electrons. The Morgan fingerprint density at radius 1 is 0.927 bits per heavy atom. The quantitative estimate of drug-likeness (QED) is 0.217. The summed E-state index contributed by atoms with van der Waals surface area (Å²) in [5, 5.41) is 5.33. The Labute approximate surface area is 241 Å². The Kier molecular flexibility index (Phi) is 5.89. The predicted octanol–water partition coefficient (Wildman–Crippen LogP) is 5.97. The second kappa shape index (κ2) is 9.63. The van der Waals surface area contributed by atoms with Crippen LogP contribution in [0.2, 0.25) is 0 Å². The summed E-state index contributed by atoms with van der Waals surface area (Å²) < 4.78 is 31.5. The van der Waals surface area contributed by atoms with Crippen LogP contribution in [0.15, 0.2) is 80.7 Å². The summed E-state index contributed by atoms with van der Waals surface area (Å²) in [5.41, 5.74) is 2.63. The van der Waals surface area contributed by atoms with Gasteiger partial charge in [0.25, 0.3) is 0 Å². The first-order chi connectivity index (χ1) is 20.0. The number of hydrogen-bond donors (Lipinski definition) is 0. The van der Waals surface area contributed by atoms with Crippen LogP contribution in [0.1, 0.15) is 22.6 Å². The lowest BCUT2D eigenvalue weighted by Gasteiger charge is -2.28. The molecule has 41 heavy (non-hydrogen) atoms. The molecule has 6 aromatic rings. The minimum absolute atomic E-state index is 0.297. The SMILES string of the molecule is COc1cc(C2c3c(c4ccccc4oc3=O)Oc3ncn4nc(-c5ccccc5Br)nc4c32)cc(OC)c1OC. The molecule has 11 heteroatoms. The van der Waals surface area contributed by atoms with Gasteiger partial charge in [0.15, 0.2) is 28.7 Å².